The van der Waals surface area contributed by atoms with Gasteiger partial charge in [0.05, 0.1) is 36.5 Å². The predicted molar refractivity (Wildman–Crippen MR) is 123 cm³/mol. The van der Waals surface area contributed by atoms with E-state index in [-0.39, 0.29) is 33.7 Å². The van der Waals surface area contributed by atoms with Crippen molar-refractivity contribution in [3.63, 3.8) is 0 Å². The number of nitrogens with zero attached hydrogens (tertiary/aromatic N) is 4. The van der Waals surface area contributed by atoms with Crippen LogP contribution in [0.5, 0.6) is 0 Å². The Morgan fingerprint density at radius 1 is 1.06 bits per heavy atom. The van der Waals surface area contributed by atoms with Crippen LogP contribution in [0.4, 0.5) is 11.6 Å². The van der Waals surface area contributed by atoms with Crippen molar-refractivity contribution in [2.45, 2.75) is 16.7 Å². The average Bonchev–Trinajstić information content (AvgIpc) is 3.13. The average molecular weight is 488 g/mol. The molecule has 0 atom stereocenters. The molecule has 1 aliphatic rings. The van der Waals surface area contributed by atoms with E-state index in [1.54, 1.807) is 18.2 Å². The fourth-order valence-electron chi connectivity index (χ4n) is 3.63. The van der Waals surface area contributed by atoms with E-state index in [4.69, 9.17) is 5.73 Å². The Morgan fingerprint density at radius 2 is 1.81 bits per heavy atom. The summed E-state index contributed by atoms with van der Waals surface area (Å²) in [5, 5.41) is 0.833. The monoisotopic (exact) mass is 487 g/mol. The zero-order valence-electron chi connectivity index (χ0n) is 16.8. The lowest BCUT2D eigenvalue weighted by Gasteiger charge is -2.30. The van der Waals surface area contributed by atoms with Gasteiger partial charge in [-0.15, -0.1) is 11.3 Å². The van der Waals surface area contributed by atoms with Crippen LogP contribution >= 0.6 is 11.3 Å². The second-order valence-electron chi connectivity index (χ2n) is 7.27. The van der Waals surface area contributed by atoms with Gasteiger partial charge in [-0.25, -0.2) is 31.8 Å². The van der Waals surface area contributed by atoms with Crippen molar-refractivity contribution in [3.8, 4) is 11.1 Å². The number of anilines is 2. The molecule has 0 aliphatic carbocycles. The second-order valence-corrected chi connectivity index (χ2v) is 12.4. The normalized spacial score (nSPS) is 15.6. The molecule has 0 saturated carbocycles. The lowest BCUT2D eigenvalue weighted by molar-refractivity contribution is 0.584. The number of nitrogens with two attached hydrogens (primary N) is 1. The highest BCUT2D eigenvalue weighted by atomic mass is 32.2. The Balaban J connectivity index is 1.66. The number of nitrogen functional groups attached to an aromatic ring is 1. The first kappa shape index (κ1) is 20.8. The fourth-order valence-corrected chi connectivity index (χ4v) is 7.66. The number of aryl methyl sites for hydroxylation is 1. The summed E-state index contributed by atoms with van der Waals surface area (Å²) in [5.41, 5.74) is 7.53. The Hall–Kier alpha value is -3.09. The molecular formula is C20H17N5O4S3. The maximum atomic E-state index is 13.6. The third-order valence-electron chi connectivity index (χ3n) is 5.19. The maximum absolute atomic E-state index is 13.6. The fraction of sp³-hybridized carbons (Fsp3) is 0.150. The van der Waals surface area contributed by atoms with Gasteiger partial charge in [0.1, 0.15) is 0 Å². The summed E-state index contributed by atoms with van der Waals surface area (Å²) < 4.78 is 54.4. The van der Waals surface area contributed by atoms with Gasteiger partial charge in [-0.2, -0.15) is 0 Å². The molecule has 164 valence electrons. The van der Waals surface area contributed by atoms with Gasteiger partial charge >= 0.3 is 0 Å². The van der Waals surface area contributed by atoms with Crippen molar-refractivity contribution in [2.75, 3.05) is 22.3 Å². The summed E-state index contributed by atoms with van der Waals surface area (Å²) in [6.07, 6.45) is 3.00. The number of sulfonamides is 1. The van der Waals surface area contributed by atoms with E-state index in [0.29, 0.717) is 11.1 Å². The first-order valence-electron chi connectivity index (χ1n) is 9.50. The Bertz CT molecular complexity index is 1580. The summed E-state index contributed by atoms with van der Waals surface area (Å²) in [6.45, 7) is 1.67. The molecule has 9 nitrogen and oxygen atoms in total. The smallest absolute Gasteiger partial charge is 0.264 e. The lowest BCUT2D eigenvalue weighted by atomic mass is 10.1. The van der Waals surface area contributed by atoms with Crippen molar-refractivity contribution < 1.29 is 16.8 Å². The van der Waals surface area contributed by atoms with Crippen LogP contribution in [0.3, 0.4) is 0 Å². The number of thiazole rings is 1. The highest BCUT2D eigenvalue weighted by Gasteiger charge is 2.36. The maximum Gasteiger partial charge on any atom is 0.264 e. The van der Waals surface area contributed by atoms with E-state index in [0.717, 1.165) is 19.5 Å². The first-order valence-corrected chi connectivity index (χ1v) is 13.4. The van der Waals surface area contributed by atoms with Crippen LogP contribution in [0.15, 0.2) is 58.6 Å². The number of sulfone groups is 1. The molecule has 0 amide bonds. The number of hydrogen-bond acceptors (Lipinski definition) is 9. The molecule has 0 radical (unpaired) electrons. The third-order valence-corrected chi connectivity index (χ3v) is 9.66. The minimum atomic E-state index is -4.02. The molecule has 0 spiro atoms. The first-order chi connectivity index (χ1) is 15.1. The van der Waals surface area contributed by atoms with Gasteiger partial charge in [0.25, 0.3) is 10.0 Å². The van der Waals surface area contributed by atoms with Crippen molar-refractivity contribution >= 4 is 53.0 Å². The molecule has 0 saturated heterocycles. The van der Waals surface area contributed by atoms with Crippen LogP contribution in [-0.2, 0) is 19.9 Å². The zero-order valence-corrected chi connectivity index (χ0v) is 19.2. The minimum absolute atomic E-state index is 0.0258. The molecule has 5 rings (SSSR count). The summed E-state index contributed by atoms with van der Waals surface area (Å²) >= 11 is 1.40. The van der Waals surface area contributed by atoms with Crippen LogP contribution in [0.2, 0.25) is 0 Å². The van der Waals surface area contributed by atoms with E-state index in [2.05, 4.69) is 15.0 Å². The summed E-state index contributed by atoms with van der Waals surface area (Å²) in [7, 11) is -7.64. The number of rotatable bonds is 3. The van der Waals surface area contributed by atoms with Crippen molar-refractivity contribution in [1.29, 1.82) is 0 Å². The second kappa shape index (κ2) is 7.22. The molecule has 3 heterocycles. The largest absolute Gasteiger partial charge is 0.368 e. The molecule has 2 aromatic carbocycles. The Kier molecular flexibility index (Phi) is 4.69. The predicted octanol–water partition coefficient (Wildman–Crippen LogP) is 2.63. The molecule has 2 aromatic heterocycles. The van der Waals surface area contributed by atoms with Crippen molar-refractivity contribution in [2.24, 2.45) is 0 Å². The summed E-state index contributed by atoms with van der Waals surface area (Å²) in [4.78, 5) is 12.3. The summed E-state index contributed by atoms with van der Waals surface area (Å²) in [6, 6.07) is 9.30. The molecule has 2 N–H and O–H groups in total. The topological polar surface area (TPSA) is 136 Å². The van der Waals surface area contributed by atoms with E-state index in [1.165, 1.54) is 41.9 Å². The molecule has 0 fully saturated rings. The van der Waals surface area contributed by atoms with Gasteiger partial charge in [0, 0.05) is 24.5 Å². The molecule has 0 unspecified atom stereocenters. The molecule has 0 bridgehead atoms. The minimum Gasteiger partial charge on any atom is -0.368 e. The van der Waals surface area contributed by atoms with Gasteiger partial charge < -0.3 is 5.73 Å². The van der Waals surface area contributed by atoms with Crippen LogP contribution in [-0.4, -0.2) is 44.1 Å². The highest BCUT2D eigenvalue weighted by Crippen LogP contribution is 2.38. The number of benzene rings is 2. The lowest BCUT2D eigenvalue weighted by Crippen LogP contribution is -2.39. The molecule has 32 heavy (non-hydrogen) atoms. The van der Waals surface area contributed by atoms with Gasteiger partial charge in [0.2, 0.25) is 5.95 Å². The van der Waals surface area contributed by atoms with E-state index < -0.39 is 19.9 Å². The Morgan fingerprint density at radius 3 is 2.56 bits per heavy atom. The zero-order chi connectivity index (χ0) is 22.7. The molecule has 12 heteroatoms. The Labute approximate surface area is 188 Å². The molecule has 1 aliphatic heterocycles. The standard InChI is InChI=1S/C20H17N5O4S3/c1-12-24-16-4-3-15(9-18(16)30-12)32(28,29)25-6-7-31(26,27)19-5-2-13(8-17(19)25)14-10-22-20(21)23-11-14/h2-5,8-11H,6-7H2,1H3,(H2,21,22,23). The van der Waals surface area contributed by atoms with E-state index in [1.807, 2.05) is 6.92 Å². The number of aromatic nitrogens is 3. The van der Waals surface area contributed by atoms with Crippen molar-refractivity contribution in [1.82, 2.24) is 15.0 Å². The van der Waals surface area contributed by atoms with Crippen LogP contribution in [0.1, 0.15) is 5.01 Å². The SMILES string of the molecule is Cc1nc2ccc(S(=O)(=O)N3CCS(=O)(=O)c4ccc(-c5cnc(N)nc5)cc43)cc2s1. The van der Waals surface area contributed by atoms with Gasteiger partial charge in [-0.3, -0.25) is 4.31 Å². The quantitative estimate of drug-likeness (QED) is 0.466. The van der Waals surface area contributed by atoms with Crippen LogP contribution in [0, 0.1) is 6.92 Å². The van der Waals surface area contributed by atoms with Crippen LogP contribution in [0.25, 0.3) is 21.3 Å². The van der Waals surface area contributed by atoms with Crippen molar-refractivity contribution in [3.05, 3.63) is 53.8 Å². The van der Waals surface area contributed by atoms with Gasteiger partial charge in [0.15, 0.2) is 9.84 Å². The highest BCUT2D eigenvalue weighted by molar-refractivity contribution is 7.94. The third kappa shape index (κ3) is 3.40. The number of fused-ring (bicyclic) bond motifs is 2. The molecule has 4 aromatic rings. The van der Waals surface area contributed by atoms with Crippen LogP contribution < -0.4 is 10.0 Å². The molecular weight excluding hydrogens is 470 g/mol. The van der Waals surface area contributed by atoms with E-state index >= 15 is 0 Å². The number of hydrogen-bond donors (Lipinski definition) is 1. The van der Waals surface area contributed by atoms with E-state index in [9.17, 15) is 16.8 Å². The van der Waals surface area contributed by atoms with Gasteiger partial charge in [-0.1, -0.05) is 6.07 Å². The van der Waals surface area contributed by atoms with Gasteiger partial charge in [-0.05, 0) is 42.8 Å². The summed E-state index contributed by atoms with van der Waals surface area (Å²) in [5.74, 6) is -0.196.